The molecule has 0 bridgehead atoms. The van der Waals surface area contributed by atoms with Crippen LogP contribution in [0, 0.1) is 12.8 Å². The summed E-state index contributed by atoms with van der Waals surface area (Å²) in [6.45, 7) is 14.7. The lowest BCUT2D eigenvalue weighted by atomic mass is 10.0. The number of nitrogens with zero attached hydrogens (tertiary/aromatic N) is 3. The quantitative estimate of drug-likeness (QED) is 0.375. The van der Waals surface area contributed by atoms with E-state index in [2.05, 4.69) is 62.2 Å². The standard InChI is InChI=1S/C23H27N5O2S.C5H12/c1-15-10-16(6-7-17(15)11-24-5)19-14-31-22(26-19)27-20(29)12-25-21(30)18-8-9-28(13-18)23(2,3)4;1-4-5(2)3/h6-11,13-14H,12H2,1-5H3,(H,25,30)(H,26,27,29);5H,4H2,1-3H3. The van der Waals surface area contributed by atoms with Crippen molar-refractivity contribution in [3.63, 3.8) is 0 Å². The van der Waals surface area contributed by atoms with Crippen LogP contribution in [0.5, 0.6) is 0 Å². The van der Waals surface area contributed by atoms with Gasteiger partial charge in [0.25, 0.3) is 5.91 Å². The minimum atomic E-state index is -0.324. The fraction of sp³-hybridized carbons (Fsp3) is 0.429. The number of thiazole rings is 1. The first-order valence-corrected chi connectivity index (χ1v) is 13.1. The molecule has 36 heavy (non-hydrogen) atoms. The van der Waals surface area contributed by atoms with Crippen LogP contribution in [-0.4, -0.2) is 41.2 Å². The molecule has 3 aromatic rings. The molecule has 0 aliphatic heterocycles. The molecule has 0 radical (unpaired) electrons. The number of aromatic nitrogens is 2. The molecular formula is C28H39N5O2S. The number of aryl methyl sites for hydroxylation is 1. The SMILES string of the molecule is CCC(C)C.CN=Cc1ccc(-c2csc(NC(=O)CNC(=O)c3ccn(C(C)(C)C)c3)n2)cc1C. The van der Waals surface area contributed by atoms with Crippen molar-refractivity contribution in [1.82, 2.24) is 14.9 Å². The normalized spacial score (nSPS) is 11.4. The average molecular weight is 510 g/mol. The van der Waals surface area contributed by atoms with Crippen molar-refractivity contribution < 1.29 is 9.59 Å². The first-order valence-electron chi connectivity index (χ1n) is 12.2. The van der Waals surface area contributed by atoms with Gasteiger partial charge in [-0.15, -0.1) is 11.3 Å². The zero-order valence-electron chi connectivity index (χ0n) is 22.7. The van der Waals surface area contributed by atoms with Gasteiger partial charge >= 0.3 is 0 Å². The van der Waals surface area contributed by atoms with Gasteiger partial charge in [0.1, 0.15) is 0 Å². The van der Waals surface area contributed by atoms with E-state index in [1.165, 1.54) is 17.8 Å². The molecule has 0 saturated heterocycles. The van der Waals surface area contributed by atoms with Crippen LogP contribution in [0.3, 0.4) is 0 Å². The molecule has 3 rings (SSSR count). The molecule has 0 fully saturated rings. The van der Waals surface area contributed by atoms with E-state index in [-0.39, 0.29) is 23.9 Å². The number of aliphatic imine (C=N–C) groups is 1. The lowest BCUT2D eigenvalue weighted by molar-refractivity contribution is -0.115. The Hall–Kier alpha value is -3.26. The number of carbonyl (C=O) groups is 2. The smallest absolute Gasteiger partial charge is 0.253 e. The topological polar surface area (TPSA) is 88.4 Å². The Morgan fingerprint density at radius 1 is 1.22 bits per heavy atom. The first-order chi connectivity index (χ1) is 16.9. The maximum atomic E-state index is 12.3. The molecule has 0 atom stereocenters. The number of hydrogen-bond donors (Lipinski definition) is 2. The maximum Gasteiger partial charge on any atom is 0.253 e. The van der Waals surface area contributed by atoms with E-state index in [0.29, 0.717) is 10.7 Å². The second kappa shape index (κ2) is 13.2. The molecule has 0 aliphatic carbocycles. The summed E-state index contributed by atoms with van der Waals surface area (Å²) in [4.78, 5) is 33.1. The molecule has 0 spiro atoms. The van der Waals surface area contributed by atoms with Crippen molar-refractivity contribution in [2.75, 3.05) is 18.9 Å². The van der Waals surface area contributed by atoms with Gasteiger partial charge in [0.15, 0.2) is 5.13 Å². The van der Waals surface area contributed by atoms with Crippen molar-refractivity contribution in [1.29, 1.82) is 0 Å². The molecule has 0 unspecified atom stereocenters. The van der Waals surface area contributed by atoms with Crippen LogP contribution in [0.25, 0.3) is 11.3 Å². The molecule has 2 amide bonds. The monoisotopic (exact) mass is 509 g/mol. The highest BCUT2D eigenvalue weighted by molar-refractivity contribution is 7.14. The third-order valence-corrected chi connectivity index (χ3v) is 6.30. The molecule has 2 N–H and O–H groups in total. The van der Waals surface area contributed by atoms with Gasteiger partial charge in [0.2, 0.25) is 5.91 Å². The third-order valence-electron chi connectivity index (χ3n) is 5.54. The highest BCUT2D eigenvalue weighted by atomic mass is 32.1. The van der Waals surface area contributed by atoms with Gasteiger partial charge in [-0.2, -0.15) is 0 Å². The van der Waals surface area contributed by atoms with Gasteiger partial charge in [0, 0.05) is 42.1 Å². The van der Waals surface area contributed by atoms with E-state index < -0.39 is 0 Å². The minimum Gasteiger partial charge on any atom is -0.348 e. The van der Waals surface area contributed by atoms with Crippen LogP contribution in [0.4, 0.5) is 5.13 Å². The number of anilines is 1. The maximum absolute atomic E-state index is 12.3. The molecule has 0 aliphatic rings. The van der Waals surface area contributed by atoms with Crippen LogP contribution >= 0.6 is 11.3 Å². The molecule has 2 aromatic heterocycles. The molecular weight excluding hydrogens is 470 g/mol. The Kier molecular flexibility index (Phi) is 10.6. The fourth-order valence-electron chi connectivity index (χ4n) is 2.96. The molecule has 7 nitrogen and oxygen atoms in total. The summed E-state index contributed by atoms with van der Waals surface area (Å²) >= 11 is 1.34. The van der Waals surface area contributed by atoms with Crippen molar-refractivity contribution in [2.45, 2.75) is 60.4 Å². The summed E-state index contributed by atoms with van der Waals surface area (Å²) in [5.41, 5.74) is 4.33. The van der Waals surface area contributed by atoms with E-state index >= 15 is 0 Å². The molecule has 0 saturated carbocycles. The van der Waals surface area contributed by atoms with Crippen LogP contribution in [0.15, 0.2) is 47.0 Å². The van der Waals surface area contributed by atoms with E-state index in [1.807, 2.05) is 47.5 Å². The van der Waals surface area contributed by atoms with Gasteiger partial charge in [-0.25, -0.2) is 4.98 Å². The Morgan fingerprint density at radius 2 is 1.92 bits per heavy atom. The van der Waals surface area contributed by atoms with Gasteiger partial charge in [0.05, 0.1) is 17.8 Å². The van der Waals surface area contributed by atoms with Crippen molar-refractivity contribution in [3.05, 3.63) is 58.7 Å². The van der Waals surface area contributed by atoms with E-state index in [9.17, 15) is 9.59 Å². The summed E-state index contributed by atoms with van der Waals surface area (Å²) < 4.78 is 1.96. The van der Waals surface area contributed by atoms with Crippen LogP contribution in [0.2, 0.25) is 0 Å². The lowest BCUT2D eigenvalue weighted by Crippen LogP contribution is -2.32. The van der Waals surface area contributed by atoms with Crippen molar-refractivity contribution >= 4 is 34.5 Å². The van der Waals surface area contributed by atoms with Crippen LogP contribution in [-0.2, 0) is 10.3 Å². The Balaban J connectivity index is 0.000000830. The van der Waals surface area contributed by atoms with Crippen molar-refractivity contribution in [3.8, 4) is 11.3 Å². The highest BCUT2D eigenvalue weighted by Gasteiger charge is 2.16. The first kappa shape index (κ1) is 29.0. The summed E-state index contributed by atoms with van der Waals surface area (Å²) in [7, 11) is 1.74. The van der Waals surface area contributed by atoms with Gasteiger partial charge < -0.3 is 15.2 Å². The molecule has 8 heteroatoms. The largest absolute Gasteiger partial charge is 0.348 e. The Labute approximate surface area is 219 Å². The van der Waals surface area contributed by atoms with E-state index in [4.69, 9.17) is 0 Å². The number of nitrogens with one attached hydrogen (secondary N) is 2. The van der Waals surface area contributed by atoms with Crippen LogP contribution in [0.1, 0.15) is 69.4 Å². The Bertz CT molecular complexity index is 1180. The number of hydrogen-bond acceptors (Lipinski definition) is 5. The van der Waals surface area contributed by atoms with E-state index in [1.54, 1.807) is 19.3 Å². The predicted molar refractivity (Wildman–Crippen MR) is 151 cm³/mol. The second-order valence-electron chi connectivity index (χ2n) is 10.0. The fourth-order valence-corrected chi connectivity index (χ4v) is 3.69. The summed E-state index contributed by atoms with van der Waals surface area (Å²) in [6, 6.07) is 7.76. The Morgan fingerprint density at radius 3 is 2.47 bits per heavy atom. The summed E-state index contributed by atoms with van der Waals surface area (Å²) in [6.07, 6.45) is 6.76. The summed E-state index contributed by atoms with van der Waals surface area (Å²) in [5, 5.41) is 7.78. The number of amides is 2. The molecule has 1 aromatic carbocycles. The summed E-state index contributed by atoms with van der Waals surface area (Å²) in [5.74, 6) is 0.273. The van der Waals surface area contributed by atoms with Gasteiger partial charge in [-0.1, -0.05) is 39.3 Å². The minimum absolute atomic E-state index is 0.110. The van der Waals surface area contributed by atoms with Crippen molar-refractivity contribution in [2.24, 2.45) is 10.9 Å². The van der Waals surface area contributed by atoms with Gasteiger partial charge in [-0.3, -0.25) is 14.6 Å². The number of carbonyl (C=O) groups excluding carboxylic acids is 2. The third kappa shape index (κ3) is 8.75. The van der Waals surface area contributed by atoms with Gasteiger partial charge in [-0.05, 0) is 56.9 Å². The number of benzene rings is 1. The average Bonchev–Trinajstić information content (AvgIpc) is 3.49. The molecule has 2 heterocycles. The van der Waals surface area contributed by atoms with Crippen LogP contribution < -0.4 is 10.6 Å². The molecule has 194 valence electrons. The highest BCUT2D eigenvalue weighted by Crippen LogP contribution is 2.26. The lowest BCUT2D eigenvalue weighted by Gasteiger charge is -2.20. The zero-order valence-corrected chi connectivity index (χ0v) is 23.5. The van der Waals surface area contributed by atoms with E-state index in [0.717, 1.165) is 28.3 Å². The zero-order chi connectivity index (χ0) is 26.9. The predicted octanol–water partition coefficient (Wildman–Crippen LogP) is 6.14. The number of rotatable bonds is 7. The second-order valence-corrected chi connectivity index (χ2v) is 10.9.